The molecule has 0 N–H and O–H groups in total. The van der Waals surface area contributed by atoms with Gasteiger partial charge in [-0.15, -0.1) is 0 Å². The minimum atomic E-state index is -3.00. The van der Waals surface area contributed by atoms with Gasteiger partial charge in [0.2, 0.25) is 5.95 Å². The van der Waals surface area contributed by atoms with Crippen molar-refractivity contribution >= 4 is 17.6 Å². The van der Waals surface area contributed by atoms with Crippen LogP contribution in [-0.2, 0) is 16.0 Å². The largest absolute Gasteiger partial charge is 0.466 e. The van der Waals surface area contributed by atoms with Crippen molar-refractivity contribution in [1.82, 2.24) is 4.98 Å². The van der Waals surface area contributed by atoms with E-state index in [0.29, 0.717) is 0 Å². The van der Waals surface area contributed by atoms with E-state index < -0.39 is 23.9 Å². The fourth-order valence-electron chi connectivity index (χ4n) is 1.14. The second-order valence-electron chi connectivity index (χ2n) is 3.08. The molecule has 1 aromatic heterocycles. The molecule has 0 aliphatic heterocycles. The number of aromatic nitrogens is 1. The average molecular weight is 268 g/mol. The molecule has 0 spiro atoms. The number of ether oxygens (including phenoxy) is 1. The van der Waals surface area contributed by atoms with Gasteiger partial charge in [0, 0.05) is 0 Å². The van der Waals surface area contributed by atoms with Crippen molar-refractivity contribution in [2.75, 3.05) is 6.61 Å². The highest BCUT2D eigenvalue weighted by Crippen LogP contribution is 2.26. The van der Waals surface area contributed by atoms with Gasteiger partial charge in [-0.05, 0) is 13.0 Å². The number of halogens is 4. The second kappa shape index (κ2) is 5.86. The maximum Gasteiger partial charge on any atom is 0.311 e. The molecule has 0 saturated carbocycles. The number of esters is 1. The van der Waals surface area contributed by atoms with Crippen molar-refractivity contribution in [3.8, 4) is 0 Å². The lowest BCUT2D eigenvalue weighted by Crippen LogP contribution is -2.10. The molecule has 3 nitrogen and oxygen atoms in total. The number of carbonyl (C=O) groups is 1. The minimum Gasteiger partial charge on any atom is -0.466 e. The molecule has 0 atom stereocenters. The average Bonchev–Trinajstić information content (AvgIpc) is 2.22. The van der Waals surface area contributed by atoms with Crippen molar-refractivity contribution in [2.24, 2.45) is 0 Å². The Morgan fingerprint density at radius 1 is 1.59 bits per heavy atom. The van der Waals surface area contributed by atoms with Gasteiger partial charge in [-0.2, -0.15) is 4.39 Å². The Hall–Kier alpha value is -1.30. The third kappa shape index (κ3) is 3.59. The molecule has 0 bridgehead atoms. The Balaban J connectivity index is 2.95. The molecule has 0 saturated heterocycles. The Morgan fingerprint density at radius 2 is 2.24 bits per heavy atom. The lowest BCUT2D eigenvalue weighted by Gasteiger charge is -2.07. The van der Waals surface area contributed by atoms with Gasteiger partial charge in [-0.3, -0.25) is 4.79 Å². The van der Waals surface area contributed by atoms with Crippen LogP contribution in [0.15, 0.2) is 6.07 Å². The van der Waals surface area contributed by atoms with Gasteiger partial charge < -0.3 is 4.74 Å². The standard InChI is InChI=1S/C10H9ClF3NO2/c1-2-17-8(16)4-7-6(11)3-5(9(12)13)10(14)15-7/h3,9H,2,4H2,1H3. The Labute approximate surface area is 101 Å². The molecular weight excluding hydrogens is 259 g/mol. The van der Waals surface area contributed by atoms with Crippen LogP contribution < -0.4 is 0 Å². The monoisotopic (exact) mass is 267 g/mol. The van der Waals surface area contributed by atoms with Crippen molar-refractivity contribution in [3.63, 3.8) is 0 Å². The Kier molecular flexibility index (Phi) is 4.74. The van der Waals surface area contributed by atoms with Gasteiger partial charge in [0.1, 0.15) is 0 Å². The van der Waals surface area contributed by atoms with Crippen LogP contribution in [0.1, 0.15) is 24.6 Å². The maximum atomic E-state index is 13.1. The summed E-state index contributed by atoms with van der Waals surface area (Å²) in [5.41, 5.74) is -1.00. The summed E-state index contributed by atoms with van der Waals surface area (Å²) in [7, 11) is 0. The van der Waals surface area contributed by atoms with E-state index >= 15 is 0 Å². The summed E-state index contributed by atoms with van der Waals surface area (Å²) < 4.78 is 42.3. The van der Waals surface area contributed by atoms with E-state index in [9.17, 15) is 18.0 Å². The van der Waals surface area contributed by atoms with E-state index in [1.807, 2.05) is 0 Å². The fraction of sp³-hybridized carbons (Fsp3) is 0.400. The summed E-state index contributed by atoms with van der Waals surface area (Å²) in [6.07, 6.45) is -3.36. The Bertz CT molecular complexity index is 426. The van der Waals surface area contributed by atoms with Crippen LogP contribution in [0.3, 0.4) is 0 Å². The summed E-state index contributed by atoms with van der Waals surface area (Å²) >= 11 is 5.62. The van der Waals surface area contributed by atoms with E-state index in [-0.39, 0.29) is 23.7 Å². The summed E-state index contributed by atoms with van der Waals surface area (Å²) in [4.78, 5) is 14.3. The van der Waals surface area contributed by atoms with Gasteiger partial charge in [0.25, 0.3) is 6.43 Å². The molecule has 1 rings (SSSR count). The van der Waals surface area contributed by atoms with E-state index in [1.165, 1.54) is 0 Å². The van der Waals surface area contributed by atoms with Crippen LogP contribution in [0.2, 0.25) is 5.02 Å². The number of hydrogen-bond donors (Lipinski definition) is 0. The summed E-state index contributed by atoms with van der Waals surface area (Å²) in [5, 5.41) is -0.185. The molecule has 17 heavy (non-hydrogen) atoms. The van der Waals surface area contributed by atoms with Crippen LogP contribution in [0.5, 0.6) is 0 Å². The molecule has 0 radical (unpaired) electrons. The molecule has 1 aromatic rings. The zero-order chi connectivity index (χ0) is 13.0. The molecule has 0 unspecified atom stereocenters. The normalized spacial score (nSPS) is 10.7. The highest BCUT2D eigenvalue weighted by molar-refractivity contribution is 6.31. The van der Waals surface area contributed by atoms with Crippen molar-refractivity contribution < 1.29 is 22.7 Å². The van der Waals surface area contributed by atoms with Crippen molar-refractivity contribution in [2.45, 2.75) is 19.8 Å². The lowest BCUT2D eigenvalue weighted by atomic mass is 10.2. The number of hydrogen-bond acceptors (Lipinski definition) is 3. The third-order valence-electron chi connectivity index (χ3n) is 1.88. The van der Waals surface area contributed by atoms with Gasteiger partial charge >= 0.3 is 5.97 Å². The summed E-state index contributed by atoms with van der Waals surface area (Å²) in [5.74, 6) is -1.98. The quantitative estimate of drug-likeness (QED) is 0.622. The molecule has 94 valence electrons. The van der Waals surface area contributed by atoms with E-state index in [4.69, 9.17) is 11.6 Å². The Morgan fingerprint density at radius 3 is 2.76 bits per heavy atom. The van der Waals surface area contributed by atoms with Crippen molar-refractivity contribution in [1.29, 1.82) is 0 Å². The van der Waals surface area contributed by atoms with Crippen LogP contribution in [-0.4, -0.2) is 17.6 Å². The summed E-state index contributed by atoms with van der Waals surface area (Å²) in [6, 6.07) is 0.767. The molecule has 0 aromatic carbocycles. The molecule has 1 heterocycles. The predicted molar refractivity (Wildman–Crippen MR) is 54.5 cm³/mol. The number of nitrogens with zero attached hydrogens (tertiary/aromatic N) is 1. The van der Waals surface area contributed by atoms with E-state index in [2.05, 4.69) is 9.72 Å². The zero-order valence-corrected chi connectivity index (χ0v) is 9.60. The topological polar surface area (TPSA) is 39.2 Å². The summed E-state index contributed by atoms with van der Waals surface area (Å²) in [6.45, 7) is 1.77. The smallest absolute Gasteiger partial charge is 0.311 e. The first-order valence-corrected chi connectivity index (χ1v) is 5.12. The molecule has 0 amide bonds. The molecule has 0 aliphatic carbocycles. The number of carbonyl (C=O) groups excluding carboxylic acids is 1. The molecule has 0 fully saturated rings. The maximum absolute atomic E-state index is 13.1. The van der Waals surface area contributed by atoms with Crippen LogP contribution >= 0.6 is 11.6 Å². The minimum absolute atomic E-state index is 0.119. The van der Waals surface area contributed by atoms with E-state index in [0.717, 1.165) is 6.07 Å². The first kappa shape index (κ1) is 13.8. The van der Waals surface area contributed by atoms with Crippen LogP contribution in [0.25, 0.3) is 0 Å². The zero-order valence-electron chi connectivity index (χ0n) is 8.84. The number of alkyl halides is 2. The first-order chi connectivity index (χ1) is 7.95. The lowest BCUT2D eigenvalue weighted by molar-refractivity contribution is -0.142. The highest BCUT2D eigenvalue weighted by atomic mass is 35.5. The SMILES string of the molecule is CCOC(=O)Cc1nc(F)c(C(F)F)cc1Cl. The second-order valence-corrected chi connectivity index (χ2v) is 3.49. The van der Waals surface area contributed by atoms with Crippen LogP contribution in [0, 0.1) is 5.95 Å². The van der Waals surface area contributed by atoms with E-state index in [1.54, 1.807) is 6.92 Å². The van der Waals surface area contributed by atoms with Crippen molar-refractivity contribution in [3.05, 3.63) is 28.3 Å². The third-order valence-corrected chi connectivity index (χ3v) is 2.21. The molecule has 0 aliphatic rings. The van der Waals surface area contributed by atoms with Gasteiger partial charge in [-0.1, -0.05) is 11.6 Å². The van der Waals surface area contributed by atoms with Gasteiger partial charge in [-0.25, -0.2) is 13.8 Å². The number of rotatable bonds is 4. The fourth-order valence-corrected chi connectivity index (χ4v) is 1.37. The van der Waals surface area contributed by atoms with Crippen LogP contribution in [0.4, 0.5) is 13.2 Å². The predicted octanol–water partition coefficient (Wildman–Crippen LogP) is 2.92. The highest BCUT2D eigenvalue weighted by Gasteiger charge is 2.19. The first-order valence-electron chi connectivity index (χ1n) is 4.74. The number of pyridine rings is 1. The van der Waals surface area contributed by atoms with Gasteiger partial charge in [0.05, 0.1) is 29.3 Å². The molecular formula is C10H9ClF3NO2. The van der Waals surface area contributed by atoms with Gasteiger partial charge in [0.15, 0.2) is 0 Å². The molecule has 7 heteroatoms.